The zero-order valence-electron chi connectivity index (χ0n) is 9.40. The molecule has 2 N–H and O–H groups in total. The summed E-state index contributed by atoms with van der Waals surface area (Å²) in [4.78, 5) is 0. The molecule has 0 aromatic heterocycles. The minimum Gasteiger partial charge on any atom is -0.394 e. The minimum atomic E-state index is -0.205. The molecule has 0 heterocycles. The Labute approximate surface area is 121 Å². The summed E-state index contributed by atoms with van der Waals surface area (Å²) >= 11 is 0. The Morgan fingerprint density at radius 1 is 0.895 bits per heavy atom. The zero-order valence-corrected chi connectivity index (χ0v) is 9.40. The van der Waals surface area contributed by atoms with Crippen LogP contribution in [-0.2, 0) is 9.47 Å². The molecule has 0 amide bonds. The highest BCUT2D eigenvalue weighted by molar-refractivity contribution is 5.08. The fourth-order valence-corrected chi connectivity index (χ4v) is 0.938. The monoisotopic (exact) mass is 280 g/mol. The predicted octanol–water partition coefficient (Wildman–Crippen LogP) is 2.72. The highest BCUT2D eigenvalue weighted by atomic mass is 16.5. The van der Waals surface area contributed by atoms with E-state index in [1.165, 1.54) is 0 Å². The lowest BCUT2D eigenvalue weighted by Gasteiger charge is -2.09. The van der Waals surface area contributed by atoms with Gasteiger partial charge in [-0.1, -0.05) is 48.5 Å². The molecule has 0 aliphatic heterocycles. The normalized spacial score (nSPS) is 11.2. The van der Waals surface area contributed by atoms with E-state index < -0.39 is 0 Å². The Hall–Kier alpha value is -0.600. The molecule has 0 saturated heterocycles. The topological polar surface area (TPSA) is 58.9 Å². The van der Waals surface area contributed by atoms with Crippen LogP contribution in [0, 0.1) is 11.8 Å². The molecule has 0 aliphatic rings. The third kappa shape index (κ3) is 19.9. The molecule has 0 spiro atoms. The molecule has 0 aliphatic carbocycles. The highest BCUT2D eigenvalue weighted by Gasteiger charge is 2.01. The van der Waals surface area contributed by atoms with Crippen LogP contribution in [0.15, 0.2) is 0 Å². The first-order valence-electron chi connectivity index (χ1n) is 5.20. The van der Waals surface area contributed by atoms with E-state index in [-0.39, 0.29) is 55.1 Å². The first kappa shape index (κ1) is 31.0. The fraction of sp³-hybridized carbons (Fsp3) is 0.867. The van der Waals surface area contributed by atoms with Crippen molar-refractivity contribution in [1.82, 2.24) is 0 Å². The van der Waals surface area contributed by atoms with Crippen LogP contribution in [0.2, 0.25) is 0 Å². The van der Waals surface area contributed by atoms with Gasteiger partial charge in [0, 0.05) is 0 Å². The van der Waals surface area contributed by atoms with Gasteiger partial charge < -0.3 is 19.7 Å². The molecule has 0 aromatic carbocycles. The van der Waals surface area contributed by atoms with Crippen LogP contribution in [0.1, 0.15) is 50.0 Å². The molecule has 0 rings (SSSR count). The number of hydrogen-bond donors (Lipinski definition) is 2. The van der Waals surface area contributed by atoms with Crippen molar-refractivity contribution >= 4 is 0 Å². The van der Waals surface area contributed by atoms with Gasteiger partial charge in [0.05, 0.1) is 26.4 Å². The summed E-state index contributed by atoms with van der Waals surface area (Å²) in [6.45, 7) is 4.40. The Balaban J connectivity index is -0.000000163. The van der Waals surface area contributed by atoms with Gasteiger partial charge in [-0.15, -0.1) is 0 Å². The van der Waals surface area contributed by atoms with E-state index in [2.05, 4.69) is 11.8 Å². The van der Waals surface area contributed by atoms with Crippen LogP contribution in [0.5, 0.6) is 0 Å². The van der Waals surface area contributed by atoms with E-state index in [1.807, 2.05) is 13.8 Å². The maximum Gasteiger partial charge on any atom is 0.118 e. The van der Waals surface area contributed by atoms with Gasteiger partial charge >= 0.3 is 0 Å². The third-order valence-corrected chi connectivity index (χ3v) is 1.69. The number of rotatable bonds is 7. The smallest absolute Gasteiger partial charge is 0.118 e. The molecular weight excluding hydrogens is 244 g/mol. The second-order valence-corrected chi connectivity index (χ2v) is 3.02. The summed E-state index contributed by atoms with van der Waals surface area (Å²) in [6.07, 6.45) is 0.418. The number of hydrogen-bond acceptors (Lipinski definition) is 4. The molecular formula is C15H36O4. The molecule has 0 radical (unpaired) electrons. The van der Waals surface area contributed by atoms with Gasteiger partial charge in [0.2, 0.25) is 0 Å². The van der Waals surface area contributed by atoms with Crippen LogP contribution in [0.4, 0.5) is 0 Å². The van der Waals surface area contributed by atoms with Gasteiger partial charge in [-0.2, -0.15) is 0 Å². The molecule has 0 fully saturated rings. The molecule has 19 heavy (non-hydrogen) atoms. The first-order valence-corrected chi connectivity index (χ1v) is 5.20. The van der Waals surface area contributed by atoms with Crippen molar-refractivity contribution in [2.24, 2.45) is 0 Å². The molecule has 2 atom stereocenters. The summed E-state index contributed by atoms with van der Waals surface area (Å²) in [5.74, 6) is 5.81. The van der Waals surface area contributed by atoms with Crippen molar-refractivity contribution in [1.29, 1.82) is 0 Å². The maximum atomic E-state index is 8.58. The van der Waals surface area contributed by atoms with Crippen molar-refractivity contribution in [3.63, 3.8) is 0 Å². The molecule has 4 heteroatoms. The lowest BCUT2D eigenvalue weighted by atomic mass is 10.2. The second kappa shape index (κ2) is 22.6. The number of aliphatic hydroxyl groups excluding tert-OH is 2. The Morgan fingerprint density at radius 3 is 1.79 bits per heavy atom. The lowest BCUT2D eigenvalue weighted by molar-refractivity contribution is 0.0556. The van der Waals surface area contributed by atoms with Crippen LogP contribution in [0.25, 0.3) is 0 Å². The number of ether oxygens (including phenoxy) is 2. The predicted molar refractivity (Wildman–Crippen MR) is 84.3 cm³/mol. The van der Waals surface area contributed by atoms with E-state index in [4.69, 9.17) is 19.7 Å². The first-order chi connectivity index (χ1) is 7.24. The van der Waals surface area contributed by atoms with Gasteiger partial charge in [-0.25, -0.2) is 0 Å². The van der Waals surface area contributed by atoms with Crippen molar-refractivity contribution in [2.45, 2.75) is 62.2 Å². The third-order valence-electron chi connectivity index (χ3n) is 1.69. The fourth-order valence-electron chi connectivity index (χ4n) is 0.938. The van der Waals surface area contributed by atoms with Gasteiger partial charge in [-0.3, -0.25) is 0 Å². The van der Waals surface area contributed by atoms with Crippen LogP contribution >= 0.6 is 0 Å². The molecule has 0 aromatic rings. The van der Waals surface area contributed by atoms with Crippen LogP contribution in [0.3, 0.4) is 0 Å². The summed E-state index contributed by atoms with van der Waals surface area (Å²) in [5.41, 5.74) is 0. The van der Waals surface area contributed by atoms with E-state index in [9.17, 15) is 0 Å². The standard InChI is InChI=1S/C11H20O4.4CH4/c1-3-11(15-9-7-13)5-4-10(2)14-8-6-12;;;;/h10-13H,3,6-9H2,1-2H3;4*1H4. The molecule has 4 nitrogen and oxygen atoms in total. The molecule has 2 unspecified atom stereocenters. The van der Waals surface area contributed by atoms with Crippen molar-refractivity contribution in [3.05, 3.63) is 0 Å². The quantitative estimate of drug-likeness (QED) is 0.704. The van der Waals surface area contributed by atoms with E-state index in [0.29, 0.717) is 13.2 Å². The van der Waals surface area contributed by atoms with Gasteiger partial charge in [0.25, 0.3) is 0 Å². The lowest BCUT2D eigenvalue weighted by Crippen LogP contribution is -2.14. The zero-order chi connectivity index (χ0) is 11.5. The molecule has 120 valence electrons. The Kier molecular flexibility index (Phi) is 36.9. The SMILES string of the molecule is C.C.C.C.CCC(C#CC(C)OCCO)OCCO. The second-order valence-electron chi connectivity index (χ2n) is 3.02. The molecule has 0 saturated carbocycles. The van der Waals surface area contributed by atoms with Crippen molar-refractivity contribution < 1.29 is 19.7 Å². The van der Waals surface area contributed by atoms with Crippen LogP contribution in [-0.4, -0.2) is 48.8 Å². The maximum absolute atomic E-state index is 8.58. The number of aliphatic hydroxyl groups is 2. The Bertz CT molecular complexity index is 196. The van der Waals surface area contributed by atoms with E-state index in [1.54, 1.807) is 0 Å². The van der Waals surface area contributed by atoms with Gasteiger partial charge in [0.1, 0.15) is 12.2 Å². The summed E-state index contributed by atoms with van der Waals surface area (Å²) in [6, 6.07) is 0. The Morgan fingerprint density at radius 2 is 1.37 bits per heavy atom. The largest absolute Gasteiger partial charge is 0.394 e. The average Bonchev–Trinajstić information content (AvgIpc) is 2.26. The average molecular weight is 280 g/mol. The molecule has 0 bridgehead atoms. The van der Waals surface area contributed by atoms with Gasteiger partial charge in [-0.05, 0) is 13.3 Å². The highest BCUT2D eigenvalue weighted by Crippen LogP contribution is 1.96. The minimum absolute atomic E-state index is 0. The van der Waals surface area contributed by atoms with Crippen molar-refractivity contribution in [3.8, 4) is 11.8 Å². The van der Waals surface area contributed by atoms with E-state index in [0.717, 1.165) is 6.42 Å². The van der Waals surface area contributed by atoms with Crippen molar-refractivity contribution in [2.75, 3.05) is 26.4 Å². The summed E-state index contributed by atoms with van der Waals surface area (Å²) in [5, 5.41) is 17.1. The van der Waals surface area contributed by atoms with Crippen LogP contribution < -0.4 is 0 Å². The van der Waals surface area contributed by atoms with E-state index >= 15 is 0 Å². The van der Waals surface area contributed by atoms with Gasteiger partial charge in [0.15, 0.2) is 0 Å². The summed E-state index contributed by atoms with van der Waals surface area (Å²) < 4.78 is 10.4. The summed E-state index contributed by atoms with van der Waals surface area (Å²) in [7, 11) is 0.